The zero-order valence-electron chi connectivity index (χ0n) is 21.9. The summed E-state index contributed by atoms with van der Waals surface area (Å²) >= 11 is 6.26. The maximum absolute atomic E-state index is 14.0. The molecule has 3 aromatic rings. The van der Waals surface area contributed by atoms with Crippen molar-refractivity contribution >= 4 is 39.1 Å². The van der Waals surface area contributed by atoms with E-state index in [1.54, 1.807) is 37.3 Å². The molecule has 0 radical (unpaired) electrons. The summed E-state index contributed by atoms with van der Waals surface area (Å²) in [6.45, 7) is 5.69. The van der Waals surface area contributed by atoms with Crippen molar-refractivity contribution in [3.63, 3.8) is 0 Å². The highest BCUT2D eigenvalue weighted by Gasteiger charge is 2.34. The van der Waals surface area contributed by atoms with E-state index in [4.69, 9.17) is 11.6 Å². The van der Waals surface area contributed by atoms with Crippen LogP contribution in [0.3, 0.4) is 0 Å². The number of carbonyl (C=O) groups is 2. The van der Waals surface area contributed by atoms with Gasteiger partial charge in [0, 0.05) is 18.1 Å². The molecule has 3 aromatic carbocycles. The highest BCUT2D eigenvalue weighted by atomic mass is 35.5. The Kier molecular flexibility index (Phi) is 10.3. The molecule has 0 aliphatic carbocycles. The van der Waals surface area contributed by atoms with E-state index < -0.39 is 28.5 Å². The predicted octanol–water partition coefficient (Wildman–Crippen LogP) is 5.18. The van der Waals surface area contributed by atoms with E-state index in [1.807, 2.05) is 44.2 Å². The first-order valence-electron chi connectivity index (χ1n) is 12.6. The fraction of sp³-hybridized carbons (Fsp3) is 0.310. The summed E-state index contributed by atoms with van der Waals surface area (Å²) in [5.74, 6) is -0.763. The first kappa shape index (κ1) is 29.2. The van der Waals surface area contributed by atoms with Gasteiger partial charge in [-0.3, -0.25) is 13.9 Å². The zero-order valence-corrected chi connectivity index (χ0v) is 23.5. The Hall–Kier alpha value is -3.36. The Morgan fingerprint density at radius 3 is 2.18 bits per heavy atom. The number of amides is 2. The first-order valence-corrected chi connectivity index (χ1v) is 14.5. The molecule has 3 rings (SSSR count). The van der Waals surface area contributed by atoms with E-state index in [0.717, 1.165) is 16.3 Å². The van der Waals surface area contributed by atoms with Crippen LogP contribution in [-0.2, 0) is 26.2 Å². The molecule has 0 fully saturated rings. The largest absolute Gasteiger partial charge is 0.354 e. The number of rotatable bonds is 12. The Bertz CT molecular complexity index is 1330. The van der Waals surface area contributed by atoms with Crippen molar-refractivity contribution in [2.24, 2.45) is 0 Å². The van der Waals surface area contributed by atoms with E-state index in [1.165, 1.54) is 23.1 Å². The maximum atomic E-state index is 14.0. The molecule has 0 aliphatic rings. The first-order chi connectivity index (χ1) is 18.2. The van der Waals surface area contributed by atoms with Gasteiger partial charge in [-0.25, -0.2) is 8.42 Å². The molecule has 2 amide bonds. The van der Waals surface area contributed by atoms with Crippen LogP contribution in [-0.4, -0.2) is 44.3 Å². The Labute approximate surface area is 230 Å². The fourth-order valence-electron chi connectivity index (χ4n) is 4.15. The van der Waals surface area contributed by atoms with Crippen LogP contribution >= 0.6 is 11.6 Å². The van der Waals surface area contributed by atoms with Crippen LogP contribution in [0, 0.1) is 6.92 Å². The molecule has 1 N–H and O–H groups in total. The van der Waals surface area contributed by atoms with Crippen LogP contribution < -0.4 is 9.62 Å². The molecule has 0 bridgehead atoms. The van der Waals surface area contributed by atoms with E-state index >= 15 is 0 Å². The molecule has 0 aromatic heterocycles. The summed E-state index contributed by atoms with van der Waals surface area (Å²) in [5, 5.41) is 3.23. The number of nitrogens with one attached hydrogen (secondary N) is 1. The lowest BCUT2D eigenvalue weighted by atomic mass is 10.1. The van der Waals surface area contributed by atoms with Gasteiger partial charge in [-0.15, -0.1) is 0 Å². The Balaban J connectivity index is 2.07. The van der Waals surface area contributed by atoms with Gasteiger partial charge >= 0.3 is 0 Å². The van der Waals surface area contributed by atoms with E-state index in [2.05, 4.69) is 5.32 Å². The molecule has 0 heterocycles. The number of nitrogens with zero attached hydrogens (tertiary/aromatic N) is 2. The monoisotopic (exact) mass is 555 g/mol. The van der Waals surface area contributed by atoms with Crippen LogP contribution in [0.25, 0.3) is 0 Å². The van der Waals surface area contributed by atoms with Crippen molar-refractivity contribution in [2.75, 3.05) is 17.4 Å². The third-order valence-corrected chi connectivity index (χ3v) is 8.19. The molecule has 0 spiro atoms. The third-order valence-electron chi connectivity index (χ3n) is 6.18. The van der Waals surface area contributed by atoms with Gasteiger partial charge in [0.15, 0.2) is 0 Å². The van der Waals surface area contributed by atoms with Gasteiger partial charge in [0.2, 0.25) is 11.8 Å². The minimum absolute atomic E-state index is 0.0505. The van der Waals surface area contributed by atoms with E-state index in [9.17, 15) is 18.0 Å². The minimum atomic E-state index is -4.14. The van der Waals surface area contributed by atoms with Crippen LogP contribution in [0.2, 0.25) is 5.02 Å². The third kappa shape index (κ3) is 7.14. The van der Waals surface area contributed by atoms with Crippen molar-refractivity contribution in [3.05, 3.63) is 95.0 Å². The topological polar surface area (TPSA) is 86.8 Å². The van der Waals surface area contributed by atoms with Crippen molar-refractivity contribution in [1.29, 1.82) is 0 Å². The number of carbonyl (C=O) groups excluding carboxylic acids is 2. The standard InChI is InChI=1S/C29H34ClN3O4S/c1-4-18-31-29(35)26(5-2)32(20-23-12-8-6-9-13-23)28(34)21-33(27-19-24(30)17-16-22(27)3)38(36,37)25-14-10-7-11-15-25/h6-17,19,26H,4-5,18,20-21H2,1-3H3,(H,31,35)/t26-/m0/s1. The number of halogens is 1. The number of hydrogen-bond donors (Lipinski definition) is 1. The van der Waals surface area contributed by atoms with E-state index in [-0.39, 0.29) is 17.3 Å². The number of hydrogen-bond acceptors (Lipinski definition) is 4. The van der Waals surface area contributed by atoms with Crippen LogP contribution in [0.1, 0.15) is 37.8 Å². The molecule has 0 saturated carbocycles. The quantitative estimate of drug-likeness (QED) is 0.334. The molecule has 38 heavy (non-hydrogen) atoms. The second-order valence-corrected chi connectivity index (χ2v) is 11.3. The summed E-state index contributed by atoms with van der Waals surface area (Å²) in [4.78, 5) is 28.6. The zero-order chi connectivity index (χ0) is 27.7. The normalized spacial score (nSPS) is 12.0. The van der Waals surface area contributed by atoms with E-state index in [0.29, 0.717) is 29.2 Å². The molecule has 0 unspecified atom stereocenters. The van der Waals surface area contributed by atoms with Gasteiger partial charge in [-0.1, -0.05) is 80.0 Å². The van der Waals surface area contributed by atoms with Crippen LogP contribution in [0.5, 0.6) is 0 Å². The highest BCUT2D eigenvalue weighted by Crippen LogP contribution is 2.30. The number of sulfonamides is 1. The molecule has 7 nitrogen and oxygen atoms in total. The smallest absolute Gasteiger partial charge is 0.264 e. The molecule has 9 heteroatoms. The SMILES string of the molecule is CCCNC(=O)[C@H](CC)N(Cc1ccccc1)C(=O)CN(c1cc(Cl)ccc1C)S(=O)(=O)c1ccccc1. The fourth-order valence-corrected chi connectivity index (χ4v) is 5.81. The second kappa shape index (κ2) is 13.4. The van der Waals surface area contributed by atoms with Gasteiger partial charge in [0.25, 0.3) is 10.0 Å². The van der Waals surface area contributed by atoms with Crippen LogP contribution in [0.4, 0.5) is 5.69 Å². The molecule has 0 saturated heterocycles. The summed E-state index contributed by atoms with van der Waals surface area (Å²) in [7, 11) is -4.14. The average molecular weight is 556 g/mol. The molecular formula is C29H34ClN3O4S. The molecule has 1 atom stereocenters. The van der Waals surface area contributed by atoms with Gasteiger partial charge in [0.1, 0.15) is 12.6 Å². The summed E-state index contributed by atoms with van der Waals surface area (Å²) in [6.07, 6.45) is 1.13. The van der Waals surface area contributed by atoms with Crippen molar-refractivity contribution in [1.82, 2.24) is 10.2 Å². The molecule has 0 aliphatic heterocycles. The van der Waals surface area contributed by atoms with Gasteiger partial charge < -0.3 is 10.2 Å². The van der Waals surface area contributed by atoms with Crippen molar-refractivity contribution < 1.29 is 18.0 Å². The average Bonchev–Trinajstić information content (AvgIpc) is 2.92. The lowest BCUT2D eigenvalue weighted by Crippen LogP contribution is -2.52. The summed E-state index contributed by atoms with van der Waals surface area (Å²) in [5.41, 5.74) is 1.78. The minimum Gasteiger partial charge on any atom is -0.354 e. The highest BCUT2D eigenvalue weighted by molar-refractivity contribution is 7.92. The predicted molar refractivity (Wildman–Crippen MR) is 152 cm³/mol. The van der Waals surface area contributed by atoms with Crippen molar-refractivity contribution in [3.8, 4) is 0 Å². The number of aryl methyl sites for hydroxylation is 1. The van der Waals surface area contributed by atoms with Crippen molar-refractivity contribution in [2.45, 2.75) is 51.1 Å². The lowest BCUT2D eigenvalue weighted by molar-refractivity contribution is -0.140. The number of benzene rings is 3. The summed E-state index contributed by atoms with van der Waals surface area (Å²) in [6, 6.07) is 21.4. The number of anilines is 1. The summed E-state index contributed by atoms with van der Waals surface area (Å²) < 4.78 is 28.8. The van der Waals surface area contributed by atoms with Gasteiger partial charge in [-0.2, -0.15) is 0 Å². The molecule has 202 valence electrons. The van der Waals surface area contributed by atoms with Gasteiger partial charge in [0.05, 0.1) is 10.6 Å². The van der Waals surface area contributed by atoms with Crippen LogP contribution in [0.15, 0.2) is 83.8 Å². The Morgan fingerprint density at radius 2 is 1.58 bits per heavy atom. The lowest BCUT2D eigenvalue weighted by Gasteiger charge is -2.33. The maximum Gasteiger partial charge on any atom is 0.264 e. The second-order valence-electron chi connectivity index (χ2n) is 8.98. The van der Waals surface area contributed by atoms with Gasteiger partial charge in [-0.05, 0) is 55.2 Å². The Morgan fingerprint density at radius 1 is 0.947 bits per heavy atom. The molecular weight excluding hydrogens is 522 g/mol.